The van der Waals surface area contributed by atoms with E-state index in [4.69, 9.17) is 9.47 Å². The smallest absolute Gasteiger partial charge is 0.416 e. The van der Waals surface area contributed by atoms with Gasteiger partial charge < -0.3 is 14.8 Å². The van der Waals surface area contributed by atoms with Gasteiger partial charge in [-0.25, -0.2) is 4.98 Å². The fourth-order valence-electron chi connectivity index (χ4n) is 2.93. The van der Waals surface area contributed by atoms with E-state index >= 15 is 0 Å². The number of rotatable bonds is 2. The SMILES string of the molecule is FC(F)(F)c1ccnc(OC2COC3(CCNCC3)C2)c1. The number of ether oxygens (including phenoxy) is 2. The van der Waals surface area contributed by atoms with E-state index in [-0.39, 0.29) is 17.6 Å². The number of halogens is 3. The summed E-state index contributed by atoms with van der Waals surface area (Å²) in [6.07, 6.45) is -0.991. The van der Waals surface area contributed by atoms with Crippen LogP contribution in [0.25, 0.3) is 0 Å². The van der Waals surface area contributed by atoms with Crippen molar-refractivity contribution in [1.29, 1.82) is 0 Å². The summed E-state index contributed by atoms with van der Waals surface area (Å²) in [6.45, 7) is 2.20. The number of piperidine rings is 1. The molecule has 1 aromatic heterocycles. The minimum atomic E-state index is -4.39. The van der Waals surface area contributed by atoms with Gasteiger partial charge in [-0.1, -0.05) is 0 Å². The molecule has 2 fully saturated rings. The van der Waals surface area contributed by atoms with E-state index in [1.807, 2.05) is 0 Å². The largest absolute Gasteiger partial charge is 0.472 e. The van der Waals surface area contributed by atoms with Crippen molar-refractivity contribution >= 4 is 0 Å². The fourth-order valence-corrected chi connectivity index (χ4v) is 2.93. The van der Waals surface area contributed by atoms with Gasteiger partial charge in [0.1, 0.15) is 6.10 Å². The summed E-state index contributed by atoms with van der Waals surface area (Å²) in [5.74, 6) is 0.00408. The van der Waals surface area contributed by atoms with Crippen LogP contribution < -0.4 is 10.1 Å². The van der Waals surface area contributed by atoms with Gasteiger partial charge in [0, 0.05) is 18.7 Å². The van der Waals surface area contributed by atoms with Gasteiger partial charge in [-0.3, -0.25) is 0 Å². The zero-order valence-electron chi connectivity index (χ0n) is 11.4. The first-order chi connectivity index (χ1) is 9.97. The molecule has 4 nitrogen and oxygen atoms in total. The Balaban J connectivity index is 1.65. The van der Waals surface area contributed by atoms with Crippen LogP contribution in [0.4, 0.5) is 13.2 Å². The normalized spacial score (nSPS) is 25.2. The summed E-state index contributed by atoms with van der Waals surface area (Å²) in [4.78, 5) is 3.86. The molecule has 116 valence electrons. The van der Waals surface area contributed by atoms with Gasteiger partial charge in [-0.15, -0.1) is 0 Å². The second-order valence-corrected chi connectivity index (χ2v) is 5.57. The van der Waals surface area contributed by atoms with E-state index in [0.29, 0.717) is 13.0 Å². The highest BCUT2D eigenvalue weighted by molar-refractivity contribution is 5.23. The number of nitrogens with one attached hydrogen (secondary N) is 1. The molecule has 1 N–H and O–H groups in total. The van der Waals surface area contributed by atoms with Gasteiger partial charge in [-0.2, -0.15) is 13.2 Å². The lowest BCUT2D eigenvalue weighted by molar-refractivity contribution is -0.137. The molecule has 1 unspecified atom stereocenters. The first-order valence-electron chi connectivity index (χ1n) is 7.02. The molecule has 0 bridgehead atoms. The Morgan fingerprint density at radius 3 is 2.81 bits per heavy atom. The third kappa shape index (κ3) is 3.29. The third-order valence-corrected chi connectivity index (χ3v) is 4.04. The minimum Gasteiger partial charge on any atom is -0.472 e. The Labute approximate surface area is 120 Å². The Morgan fingerprint density at radius 1 is 1.33 bits per heavy atom. The molecule has 0 amide bonds. The standard InChI is InChI=1S/C14H17F3N2O2/c15-14(16,17)10-1-4-19-12(7-10)21-11-8-13(20-9-11)2-5-18-6-3-13/h1,4,7,11,18H,2-3,5-6,8-9H2. The highest BCUT2D eigenvalue weighted by Crippen LogP contribution is 2.36. The molecule has 7 heteroatoms. The molecular weight excluding hydrogens is 285 g/mol. The van der Waals surface area contributed by atoms with Crippen LogP contribution >= 0.6 is 0 Å². The summed E-state index contributed by atoms with van der Waals surface area (Å²) in [5, 5.41) is 3.27. The van der Waals surface area contributed by atoms with Crippen molar-refractivity contribution in [2.45, 2.75) is 37.1 Å². The zero-order chi connectivity index (χ0) is 14.9. The van der Waals surface area contributed by atoms with E-state index in [2.05, 4.69) is 10.3 Å². The van der Waals surface area contributed by atoms with E-state index in [1.54, 1.807) is 0 Å². The van der Waals surface area contributed by atoms with Gasteiger partial charge in [0.15, 0.2) is 0 Å². The second kappa shape index (κ2) is 5.46. The lowest BCUT2D eigenvalue weighted by Gasteiger charge is -2.32. The lowest BCUT2D eigenvalue weighted by Crippen LogP contribution is -2.41. The minimum absolute atomic E-state index is 0.00408. The summed E-state index contributed by atoms with van der Waals surface area (Å²) in [7, 11) is 0. The van der Waals surface area contributed by atoms with Crippen molar-refractivity contribution < 1.29 is 22.6 Å². The van der Waals surface area contributed by atoms with Crippen LogP contribution in [0.1, 0.15) is 24.8 Å². The number of hydrogen-bond acceptors (Lipinski definition) is 4. The maximum absolute atomic E-state index is 12.7. The topological polar surface area (TPSA) is 43.4 Å². The highest BCUT2D eigenvalue weighted by atomic mass is 19.4. The molecule has 2 saturated heterocycles. The monoisotopic (exact) mass is 302 g/mol. The predicted molar refractivity (Wildman–Crippen MR) is 69.1 cm³/mol. The molecule has 0 saturated carbocycles. The number of alkyl halides is 3. The molecule has 1 atom stereocenters. The van der Waals surface area contributed by atoms with Crippen molar-refractivity contribution in [1.82, 2.24) is 10.3 Å². The molecule has 3 heterocycles. The number of pyridine rings is 1. The molecule has 0 aromatic carbocycles. The summed E-state index contributed by atoms with van der Waals surface area (Å²) >= 11 is 0. The van der Waals surface area contributed by atoms with E-state index in [1.165, 1.54) is 0 Å². The molecule has 1 spiro atoms. The molecule has 1 aromatic rings. The van der Waals surface area contributed by atoms with Gasteiger partial charge >= 0.3 is 6.18 Å². The van der Waals surface area contributed by atoms with Crippen molar-refractivity contribution in [2.75, 3.05) is 19.7 Å². The van der Waals surface area contributed by atoms with Crippen molar-refractivity contribution in [3.8, 4) is 5.88 Å². The maximum Gasteiger partial charge on any atom is 0.416 e. The number of nitrogens with zero attached hydrogens (tertiary/aromatic N) is 1. The van der Waals surface area contributed by atoms with Crippen LogP contribution in [0.5, 0.6) is 5.88 Å². The molecule has 2 aliphatic heterocycles. The fraction of sp³-hybridized carbons (Fsp3) is 0.643. The van der Waals surface area contributed by atoms with Gasteiger partial charge in [0.25, 0.3) is 0 Å². The average molecular weight is 302 g/mol. The first kappa shape index (κ1) is 14.6. The van der Waals surface area contributed by atoms with Gasteiger partial charge in [-0.05, 0) is 32.0 Å². The molecule has 0 aliphatic carbocycles. The molecule has 21 heavy (non-hydrogen) atoms. The lowest BCUT2D eigenvalue weighted by atomic mass is 9.89. The number of aromatic nitrogens is 1. The van der Waals surface area contributed by atoms with Crippen LogP contribution in [0.3, 0.4) is 0 Å². The third-order valence-electron chi connectivity index (χ3n) is 4.04. The van der Waals surface area contributed by atoms with Crippen LogP contribution in [0.15, 0.2) is 18.3 Å². The molecular formula is C14H17F3N2O2. The van der Waals surface area contributed by atoms with E-state index in [0.717, 1.165) is 44.3 Å². The van der Waals surface area contributed by atoms with E-state index < -0.39 is 11.7 Å². The van der Waals surface area contributed by atoms with Crippen molar-refractivity contribution in [3.63, 3.8) is 0 Å². The second-order valence-electron chi connectivity index (χ2n) is 5.57. The Bertz CT molecular complexity index is 501. The highest BCUT2D eigenvalue weighted by Gasteiger charge is 2.42. The van der Waals surface area contributed by atoms with E-state index in [9.17, 15) is 13.2 Å². The quantitative estimate of drug-likeness (QED) is 0.911. The molecule has 0 radical (unpaired) electrons. The predicted octanol–water partition coefficient (Wildman–Crippen LogP) is 2.39. The molecule has 3 rings (SSSR count). The van der Waals surface area contributed by atoms with Crippen LogP contribution in [0.2, 0.25) is 0 Å². The first-order valence-corrected chi connectivity index (χ1v) is 7.02. The average Bonchev–Trinajstić information content (AvgIpc) is 2.81. The summed E-state index contributed by atoms with van der Waals surface area (Å²) in [6, 6.07) is 1.87. The zero-order valence-corrected chi connectivity index (χ0v) is 11.4. The van der Waals surface area contributed by atoms with Crippen LogP contribution in [0, 0.1) is 0 Å². The number of hydrogen-bond donors (Lipinski definition) is 1. The van der Waals surface area contributed by atoms with Crippen LogP contribution in [-0.2, 0) is 10.9 Å². The van der Waals surface area contributed by atoms with Crippen molar-refractivity contribution in [3.05, 3.63) is 23.9 Å². The van der Waals surface area contributed by atoms with Crippen LogP contribution in [-0.4, -0.2) is 36.4 Å². The van der Waals surface area contributed by atoms with Gasteiger partial charge in [0.2, 0.25) is 5.88 Å². The Hall–Kier alpha value is -1.34. The molecule has 2 aliphatic rings. The van der Waals surface area contributed by atoms with Crippen molar-refractivity contribution in [2.24, 2.45) is 0 Å². The summed E-state index contributed by atoms with van der Waals surface area (Å²) in [5.41, 5.74) is -0.930. The maximum atomic E-state index is 12.7. The Kier molecular flexibility index (Phi) is 3.79. The summed E-state index contributed by atoms with van der Waals surface area (Å²) < 4.78 is 49.4. The Morgan fingerprint density at radius 2 is 2.10 bits per heavy atom. The van der Waals surface area contributed by atoms with Gasteiger partial charge in [0.05, 0.1) is 17.8 Å².